The third-order valence-electron chi connectivity index (χ3n) is 4.34. The first-order valence-corrected chi connectivity index (χ1v) is 7.92. The molecule has 1 heterocycles. The Morgan fingerprint density at radius 1 is 1.35 bits per heavy atom. The van der Waals surface area contributed by atoms with Crippen LogP contribution in [0.1, 0.15) is 42.5 Å². The van der Waals surface area contributed by atoms with Gasteiger partial charge in [-0.15, -0.1) is 0 Å². The number of non-ortho nitro benzene ring substituents is 1. The largest absolute Gasteiger partial charge is 0.349 e. The number of ether oxygens (including phenoxy) is 2. The van der Waals surface area contributed by atoms with E-state index in [9.17, 15) is 14.9 Å². The van der Waals surface area contributed by atoms with Crippen molar-refractivity contribution in [3.63, 3.8) is 0 Å². The van der Waals surface area contributed by atoms with Gasteiger partial charge >= 0.3 is 0 Å². The summed E-state index contributed by atoms with van der Waals surface area (Å²) < 4.78 is 11.8. The highest BCUT2D eigenvalue weighted by molar-refractivity contribution is 5.94. The minimum Gasteiger partial charge on any atom is -0.349 e. The first-order valence-electron chi connectivity index (χ1n) is 7.92. The lowest BCUT2D eigenvalue weighted by Gasteiger charge is -2.31. The molecule has 1 aliphatic heterocycles. The number of rotatable bonds is 4. The monoisotopic (exact) mass is 320 g/mol. The maximum atomic E-state index is 12.1. The highest BCUT2D eigenvalue weighted by atomic mass is 16.7. The SMILES string of the molecule is O=C(NC[C@@H]1COC2(CCCCC2)O1)c1cccc([N+](=O)[O-])c1. The molecule has 0 bridgehead atoms. The van der Waals surface area contributed by atoms with Crippen LogP contribution in [0.15, 0.2) is 24.3 Å². The van der Waals surface area contributed by atoms with Gasteiger partial charge in [-0.2, -0.15) is 0 Å². The fourth-order valence-electron chi connectivity index (χ4n) is 3.14. The average Bonchev–Trinajstić information content (AvgIpc) is 2.96. The number of hydrogen-bond acceptors (Lipinski definition) is 5. The zero-order valence-corrected chi connectivity index (χ0v) is 12.8. The van der Waals surface area contributed by atoms with Gasteiger partial charge in [0, 0.05) is 37.1 Å². The summed E-state index contributed by atoms with van der Waals surface area (Å²) in [6.07, 6.45) is 5.06. The first-order chi connectivity index (χ1) is 11.1. The fourth-order valence-corrected chi connectivity index (χ4v) is 3.14. The van der Waals surface area contributed by atoms with Gasteiger partial charge in [0.1, 0.15) is 6.10 Å². The number of hydrogen-bond donors (Lipinski definition) is 1. The second kappa shape index (κ2) is 6.64. The summed E-state index contributed by atoms with van der Waals surface area (Å²) in [6.45, 7) is 0.804. The van der Waals surface area contributed by atoms with E-state index < -0.39 is 10.7 Å². The summed E-state index contributed by atoms with van der Waals surface area (Å²) >= 11 is 0. The number of benzene rings is 1. The van der Waals surface area contributed by atoms with Crippen LogP contribution in [0.25, 0.3) is 0 Å². The number of nitrogens with zero attached hydrogens (tertiary/aromatic N) is 1. The maximum absolute atomic E-state index is 12.1. The number of nitrogens with one attached hydrogen (secondary N) is 1. The molecule has 3 rings (SSSR count). The van der Waals surface area contributed by atoms with Crippen LogP contribution in [0.2, 0.25) is 0 Å². The van der Waals surface area contributed by atoms with Gasteiger partial charge in [0.25, 0.3) is 11.6 Å². The Hall–Kier alpha value is -1.99. The zero-order chi connectivity index (χ0) is 16.3. The highest BCUT2D eigenvalue weighted by Gasteiger charge is 2.42. The highest BCUT2D eigenvalue weighted by Crippen LogP contribution is 2.37. The van der Waals surface area contributed by atoms with Gasteiger partial charge in [0.2, 0.25) is 0 Å². The van der Waals surface area contributed by atoms with Crippen molar-refractivity contribution >= 4 is 11.6 Å². The Bertz CT molecular complexity index is 598. The van der Waals surface area contributed by atoms with E-state index in [0.29, 0.717) is 13.2 Å². The molecular weight excluding hydrogens is 300 g/mol. The van der Waals surface area contributed by atoms with Gasteiger partial charge in [-0.1, -0.05) is 12.5 Å². The van der Waals surface area contributed by atoms with Gasteiger partial charge in [0.15, 0.2) is 5.79 Å². The second-order valence-electron chi connectivity index (χ2n) is 6.04. The molecule has 2 aliphatic rings. The molecule has 1 aliphatic carbocycles. The standard InChI is InChI=1S/C16H20N2O5/c19-15(12-5-4-6-13(9-12)18(20)21)17-10-14-11-22-16(23-14)7-2-1-3-8-16/h4-6,9,14H,1-3,7-8,10-11H2,(H,17,19)/t14-/m1/s1. The molecule has 1 aromatic carbocycles. The van der Waals surface area contributed by atoms with Crippen LogP contribution < -0.4 is 5.32 Å². The van der Waals surface area contributed by atoms with Crippen LogP contribution in [0.4, 0.5) is 5.69 Å². The Kier molecular flexibility index (Phi) is 4.58. The molecule has 0 radical (unpaired) electrons. The number of carbonyl (C=O) groups excluding carboxylic acids is 1. The Morgan fingerprint density at radius 3 is 2.87 bits per heavy atom. The van der Waals surface area contributed by atoms with E-state index in [-0.39, 0.29) is 23.3 Å². The molecule has 1 spiro atoms. The lowest BCUT2D eigenvalue weighted by atomic mass is 9.94. The lowest BCUT2D eigenvalue weighted by molar-refractivity contribution is -0.384. The van der Waals surface area contributed by atoms with Crippen molar-refractivity contribution in [1.29, 1.82) is 0 Å². The van der Waals surface area contributed by atoms with E-state index >= 15 is 0 Å². The molecule has 1 aromatic rings. The Morgan fingerprint density at radius 2 is 2.13 bits per heavy atom. The minimum absolute atomic E-state index is 0.0979. The van der Waals surface area contributed by atoms with Gasteiger partial charge in [-0.05, 0) is 18.9 Å². The van der Waals surface area contributed by atoms with Crippen LogP contribution in [-0.2, 0) is 9.47 Å². The predicted molar refractivity (Wildman–Crippen MR) is 82.1 cm³/mol. The molecule has 0 unspecified atom stereocenters. The second-order valence-corrected chi connectivity index (χ2v) is 6.04. The van der Waals surface area contributed by atoms with Crippen LogP contribution in [0, 0.1) is 10.1 Å². The Labute approximate surface area is 134 Å². The van der Waals surface area contributed by atoms with Crippen molar-refractivity contribution in [2.24, 2.45) is 0 Å². The van der Waals surface area contributed by atoms with Crippen LogP contribution in [0.3, 0.4) is 0 Å². The molecule has 7 heteroatoms. The summed E-state index contributed by atoms with van der Waals surface area (Å²) in [5.41, 5.74) is 0.171. The summed E-state index contributed by atoms with van der Waals surface area (Å²) in [4.78, 5) is 22.3. The van der Waals surface area contributed by atoms with E-state index in [1.807, 2.05) is 0 Å². The van der Waals surface area contributed by atoms with Crippen molar-refractivity contribution in [3.8, 4) is 0 Å². The third-order valence-corrected chi connectivity index (χ3v) is 4.34. The van der Waals surface area contributed by atoms with Gasteiger partial charge < -0.3 is 14.8 Å². The number of amides is 1. The van der Waals surface area contributed by atoms with Crippen molar-refractivity contribution in [1.82, 2.24) is 5.32 Å². The average molecular weight is 320 g/mol. The number of nitro groups is 1. The summed E-state index contributed by atoms with van der Waals surface area (Å²) in [5.74, 6) is -0.805. The molecule has 1 atom stereocenters. The quantitative estimate of drug-likeness (QED) is 0.679. The van der Waals surface area contributed by atoms with Crippen LogP contribution in [-0.4, -0.2) is 35.9 Å². The van der Waals surface area contributed by atoms with E-state index in [1.165, 1.54) is 24.6 Å². The normalized spacial score (nSPS) is 22.9. The predicted octanol–water partition coefficient (Wildman–Crippen LogP) is 2.40. The number of carbonyl (C=O) groups is 1. The topological polar surface area (TPSA) is 90.7 Å². The molecular formula is C16H20N2O5. The third kappa shape index (κ3) is 3.68. The molecule has 23 heavy (non-hydrogen) atoms. The van der Waals surface area contributed by atoms with Gasteiger partial charge in [-0.3, -0.25) is 14.9 Å². The smallest absolute Gasteiger partial charge is 0.270 e. The molecule has 0 aromatic heterocycles. The molecule has 2 fully saturated rings. The minimum atomic E-state index is -0.516. The van der Waals surface area contributed by atoms with E-state index in [4.69, 9.17) is 9.47 Å². The van der Waals surface area contributed by atoms with Crippen LogP contribution >= 0.6 is 0 Å². The lowest BCUT2D eigenvalue weighted by Crippen LogP contribution is -2.37. The van der Waals surface area contributed by atoms with E-state index in [2.05, 4.69) is 5.32 Å². The molecule has 124 valence electrons. The van der Waals surface area contributed by atoms with E-state index in [1.54, 1.807) is 6.07 Å². The molecule has 1 saturated carbocycles. The van der Waals surface area contributed by atoms with Crippen molar-refractivity contribution in [2.45, 2.75) is 44.0 Å². The summed E-state index contributed by atoms with van der Waals surface area (Å²) in [7, 11) is 0. The van der Waals surface area contributed by atoms with Crippen molar-refractivity contribution in [2.75, 3.05) is 13.2 Å². The van der Waals surface area contributed by atoms with Gasteiger partial charge in [0.05, 0.1) is 11.5 Å². The fraction of sp³-hybridized carbons (Fsp3) is 0.562. The zero-order valence-electron chi connectivity index (χ0n) is 12.8. The van der Waals surface area contributed by atoms with E-state index in [0.717, 1.165) is 25.7 Å². The molecule has 1 amide bonds. The number of nitro benzene ring substituents is 1. The van der Waals surface area contributed by atoms with Gasteiger partial charge in [-0.25, -0.2) is 0 Å². The van der Waals surface area contributed by atoms with Crippen molar-refractivity contribution in [3.05, 3.63) is 39.9 Å². The van der Waals surface area contributed by atoms with Crippen molar-refractivity contribution < 1.29 is 19.2 Å². The van der Waals surface area contributed by atoms with Crippen LogP contribution in [0.5, 0.6) is 0 Å². The molecule has 1 saturated heterocycles. The summed E-state index contributed by atoms with van der Waals surface area (Å²) in [6, 6.07) is 5.68. The summed E-state index contributed by atoms with van der Waals surface area (Å²) in [5, 5.41) is 13.5. The first kappa shape index (κ1) is 15.9. The maximum Gasteiger partial charge on any atom is 0.270 e. The molecule has 7 nitrogen and oxygen atoms in total. The Balaban J connectivity index is 1.53. The molecule has 1 N–H and O–H groups in total.